The average Bonchev–Trinajstić information content (AvgIpc) is 2.10. The standard InChI is InChI=1S/C6H5BrF2S/c1-3-2-4(7)5(10-3)6(8)9/h2,6H,1H3. The Hall–Kier alpha value is 0.0400. The summed E-state index contributed by atoms with van der Waals surface area (Å²) in [5.74, 6) is 0. The number of rotatable bonds is 1. The number of hydrogen-bond acceptors (Lipinski definition) is 1. The third-order valence-electron chi connectivity index (χ3n) is 1.03. The summed E-state index contributed by atoms with van der Waals surface area (Å²) in [6, 6.07) is 1.70. The monoisotopic (exact) mass is 226 g/mol. The largest absolute Gasteiger partial charge is 0.273 e. The molecular formula is C6H5BrF2S. The van der Waals surface area contributed by atoms with Crippen molar-refractivity contribution in [3.8, 4) is 0 Å². The predicted molar refractivity (Wildman–Crippen MR) is 41.7 cm³/mol. The molecule has 0 saturated carbocycles. The Labute approximate surface area is 70.0 Å². The summed E-state index contributed by atoms with van der Waals surface area (Å²) in [6.45, 7) is 1.81. The molecule has 0 unspecified atom stereocenters. The smallest absolute Gasteiger partial charge is 0.204 e. The highest BCUT2D eigenvalue weighted by Crippen LogP contribution is 2.34. The zero-order valence-corrected chi connectivity index (χ0v) is 7.60. The van der Waals surface area contributed by atoms with Gasteiger partial charge in [0.2, 0.25) is 0 Å². The van der Waals surface area contributed by atoms with Gasteiger partial charge in [0.15, 0.2) is 0 Å². The Balaban J connectivity index is 3.03. The Morgan fingerprint density at radius 2 is 2.20 bits per heavy atom. The molecule has 0 fully saturated rings. The fraction of sp³-hybridized carbons (Fsp3) is 0.333. The maximum atomic E-state index is 12.0. The minimum absolute atomic E-state index is 0.123. The van der Waals surface area contributed by atoms with E-state index in [2.05, 4.69) is 15.9 Å². The number of alkyl halides is 2. The lowest BCUT2D eigenvalue weighted by atomic mass is 10.4. The molecule has 4 heteroatoms. The molecule has 1 aromatic heterocycles. The second-order valence-corrected chi connectivity index (χ2v) is 4.01. The van der Waals surface area contributed by atoms with Crippen LogP contribution in [0.25, 0.3) is 0 Å². The van der Waals surface area contributed by atoms with Crippen molar-refractivity contribution < 1.29 is 8.78 Å². The van der Waals surface area contributed by atoms with Crippen molar-refractivity contribution in [3.05, 3.63) is 20.3 Å². The Kier molecular flexibility index (Phi) is 2.41. The molecule has 0 bridgehead atoms. The van der Waals surface area contributed by atoms with Gasteiger partial charge >= 0.3 is 0 Å². The molecule has 56 valence electrons. The Morgan fingerprint density at radius 1 is 1.60 bits per heavy atom. The van der Waals surface area contributed by atoms with Gasteiger partial charge in [-0.1, -0.05) is 0 Å². The van der Waals surface area contributed by atoms with E-state index in [0.29, 0.717) is 4.47 Å². The van der Waals surface area contributed by atoms with Gasteiger partial charge in [0.05, 0.1) is 4.88 Å². The molecule has 0 N–H and O–H groups in total. The van der Waals surface area contributed by atoms with Crippen molar-refractivity contribution >= 4 is 27.3 Å². The Bertz CT molecular complexity index is 232. The maximum absolute atomic E-state index is 12.0. The van der Waals surface area contributed by atoms with E-state index < -0.39 is 6.43 Å². The second-order valence-electron chi connectivity index (χ2n) is 1.87. The topological polar surface area (TPSA) is 0 Å². The molecule has 0 atom stereocenters. The normalized spacial score (nSPS) is 10.9. The molecular weight excluding hydrogens is 222 g/mol. The van der Waals surface area contributed by atoms with Crippen LogP contribution in [0.1, 0.15) is 16.2 Å². The number of aryl methyl sites for hydroxylation is 1. The summed E-state index contributed by atoms with van der Waals surface area (Å²) < 4.78 is 24.6. The zero-order valence-electron chi connectivity index (χ0n) is 5.20. The molecule has 0 nitrogen and oxygen atoms in total. The average molecular weight is 227 g/mol. The lowest BCUT2D eigenvalue weighted by Crippen LogP contribution is -1.75. The minimum atomic E-state index is -2.35. The summed E-state index contributed by atoms with van der Waals surface area (Å²) in [4.78, 5) is 1.03. The number of hydrogen-bond donors (Lipinski definition) is 0. The van der Waals surface area contributed by atoms with Crippen LogP contribution in [0.5, 0.6) is 0 Å². The molecule has 0 aromatic carbocycles. The van der Waals surface area contributed by atoms with Gasteiger partial charge in [0.25, 0.3) is 6.43 Å². The highest BCUT2D eigenvalue weighted by Gasteiger charge is 2.13. The van der Waals surface area contributed by atoms with Crippen molar-refractivity contribution in [2.24, 2.45) is 0 Å². The molecule has 1 heterocycles. The van der Waals surface area contributed by atoms with Gasteiger partial charge < -0.3 is 0 Å². The quantitative estimate of drug-likeness (QED) is 0.685. The van der Waals surface area contributed by atoms with Crippen LogP contribution in [-0.2, 0) is 0 Å². The SMILES string of the molecule is Cc1cc(Br)c(C(F)F)s1. The van der Waals surface area contributed by atoms with E-state index >= 15 is 0 Å². The predicted octanol–water partition coefficient (Wildman–Crippen LogP) is 3.76. The van der Waals surface area contributed by atoms with Crippen molar-refractivity contribution in [1.82, 2.24) is 0 Å². The van der Waals surface area contributed by atoms with E-state index in [1.807, 2.05) is 0 Å². The van der Waals surface area contributed by atoms with Gasteiger partial charge in [0.1, 0.15) is 0 Å². The third-order valence-corrected chi connectivity index (χ3v) is 3.01. The summed E-state index contributed by atoms with van der Waals surface area (Å²) in [5.41, 5.74) is 0. The second kappa shape index (κ2) is 2.96. The highest BCUT2D eigenvalue weighted by molar-refractivity contribution is 9.10. The van der Waals surface area contributed by atoms with Crippen LogP contribution in [0.2, 0.25) is 0 Å². The van der Waals surface area contributed by atoms with Crippen LogP contribution in [0, 0.1) is 6.92 Å². The minimum Gasteiger partial charge on any atom is -0.204 e. The van der Waals surface area contributed by atoms with Gasteiger partial charge in [0, 0.05) is 9.35 Å². The number of halogens is 3. The van der Waals surface area contributed by atoms with Crippen molar-refractivity contribution in [2.45, 2.75) is 13.3 Å². The first kappa shape index (κ1) is 8.14. The molecule has 1 rings (SSSR count). The molecule has 10 heavy (non-hydrogen) atoms. The van der Waals surface area contributed by atoms with E-state index in [-0.39, 0.29) is 4.88 Å². The fourth-order valence-electron chi connectivity index (χ4n) is 0.650. The van der Waals surface area contributed by atoms with Gasteiger partial charge in [-0.15, -0.1) is 11.3 Å². The lowest BCUT2D eigenvalue weighted by molar-refractivity contribution is 0.155. The fourth-order valence-corrected chi connectivity index (χ4v) is 2.33. The van der Waals surface area contributed by atoms with Crippen LogP contribution >= 0.6 is 27.3 Å². The summed E-state index contributed by atoms with van der Waals surface area (Å²) >= 11 is 4.17. The van der Waals surface area contributed by atoms with Crippen molar-refractivity contribution in [2.75, 3.05) is 0 Å². The first-order valence-electron chi connectivity index (χ1n) is 2.65. The van der Waals surface area contributed by atoms with E-state index in [0.717, 1.165) is 16.2 Å². The number of thiophene rings is 1. The van der Waals surface area contributed by atoms with Crippen molar-refractivity contribution in [3.63, 3.8) is 0 Å². The van der Waals surface area contributed by atoms with Crippen LogP contribution in [0.3, 0.4) is 0 Å². The molecule has 0 aliphatic heterocycles. The molecule has 0 aliphatic carbocycles. The van der Waals surface area contributed by atoms with E-state index in [1.54, 1.807) is 13.0 Å². The molecule has 0 amide bonds. The van der Waals surface area contributed by atoms with E-state index in [9.17, 15) is 8.78 Å². The molecule has 1 aromatic rings. The lowest BCUT2D eigenvalue weighted by Gasteiger charge is -1.91. The van der Waals surface area contributed by atoms with Gasteiger partial charge in [-0.05, 0) is 28.9 Å². The molecule has 0 spiro atoms. The Morgan fingerprint density at radius 3 is 2.40 bits per heavy atom. The highest BCUT2D eigenvalue weighted by atomic mass is 79.9. The van der Waals surface area contributed by atoms with Crippen molar-refractivity contribution in [1.29, 1.82) is 0 Å². The molecule has 0 radical (unpaired) electrons. The van der Waals surface area contributed by atoms with Crippen LogP contribution in [-0.4, -0.2) is 0 Å². The van der Waals surface area contributed by atoms with Gasteiger partial charge in [-0.25, -0.2) is 8.78 Å². The summed E-state index contributed by atoms with van der Waals surface area (Å²) in [6.07, 6.45) is -2.35. The zero-order chi connectivity index (χ0) is 7.72. The van der Waals surface area contributed by atoms with Crippen LogP contribution in [0.4, 0.5) is 8.78 Å². The third kappa shape index (κ3) is 1.55. The van der Waals surface area contributed by atoms with Gasteiger partial charge in [-0.2, -0.15) is 0 Å². The first-order valence-corrected chi connectivity index (χ1v) is 4.26. The summed E-state index contributed by atoms with van der Waals surface area (Å²) in [5, 5.41) is 0. The maximum Gasteiger partial charge on any atom is 0.273 e. The van der Waals surface area contributed by atoms with Gasteiger partial charge in [-0.3, -0.25) is 0 Å². The molecule has 0 aliphatic rings. The first-order chi connectivity index (χ1) is 4.61. The van der Waals surface area contributed by atoms with Crippen LogP contribution in [0.15, 0.2) is 10.5 Å². The van der Waals surface area contributed by atoms with E-state index in [1.165, 1.54) is 0 Å². The summed E-state index contributed by atoms with van der Waals surface area (Å²) in [7, 11) is 0. The van der Waals surface area contributed by atoms with Crippen LogP contribution < -0.4 is 0 Å². The van der Waals surface area contributed by atoms with E-state index in [4.69, 9.17) is 0 Å². The molecule has 0 saturated heterocycles.